The van der Waals surface area contributed by atoms with E-state index in [9.17, 15) is 4.79 Å². The molecule has 0 N–H and O–H groups in total. The van der Waals surface area contributed by atoms with Crippen molar-refractivity contribution >= 4 is 5.78 Å². The summed E-state index contributed by atoms with van der Waals surface area (Å²) in [5, 5.41) is 0. The SMILES string of the molecule is CC(=O)[C@@H]1C[C@@H]2CCC[C@@H]1CC2. The third kappa shape index (κ3) is 1.41. The lowest BCUT2D eigenvalue weighted by atomic mass is 9.74. The second-order valence-electron chi connectivity index (χ2n) is 4.59. The van der Waals surface area contributed by atoms with Gasteiger partial charge in [-0.3, -0.25) is 4.79 Å². The first-order chi connectivity index (χ1) is 5.77. The van der Waals surface area contributed by atoms with Crippen LogP contribution in [0.15, 0.2) is 0 Å². The van der Waals surface area contributed by atoms with E-state index in [0.717, 1.165) is 11.8 Å². The van der Waals surface area contributed by atoms with Crippen molar-refractivity contribution in [3.05, 3.63) is 0 Å². The quantitative estimate of drug-likeness (QED) is 0.585. The van der Waals surface area contributed by atoms with Crippen LogP contribution in [-0.2, 0) is 4.79 Å². The zero-order valence-electron chi connectivity index (χ0n) is 7.88. The predicted octanol–water partition coefficient (Wildman–Crippen LogP) is 2.79. The van der Waals surface area contributed by atoms with E-state index in [1.54, 1.807) is 6.92 Å². The Balaban J connectivity index is 2.11. The topological polar surface area (TPSA) is 17.1 Å². The Morgan fingerprint density at radius 2 is 2.00 bits per heavy atom. The third-order valence-electron chi connectivity index (χ3n) is 3.81. The Hall–Kier alpha value is -0.330. The molecule has 3 saturated carbocycles. The van der Waals surface area contributed by atoms with Crippen molar-refractivity contribution in [3.63, 3.8) is 0 Å². The van der Waals surface area contributed by atoms with E-state index in [2.05, 4.69) is 0 Å². The molecule has 3 aliphatic rings. The minimum atomic E-state index is 0.436. The number of hydrogen-bond acceptors (Lipinski definition) is 1. The molecule has 0 amide bonds. The molecular weight excluding hydrogens is 148 g/mol. The number of hydrogen-bond donors (Lipinski definition) is 0. The van der Waals surface area contributed by atoms with Gasteiger partial charge in [0.2, 0.25) is 0 Å². The van der Waals surface area contributed by atoms with E-state index in [1.165, 1.54) is 38.5 Å². The van der Waals surface area contributed by atoms with Crippen LogP contribution >= 0.6 is 0 Å². The van der Waals surface area contributed by atoms with Gasteiger partial charge in [0, 0.05) is 5.92 Å². The average molecular weight is 166 g/mol. The molecule has 3 fully saturated rings. The number of fused-ring (bicyclic) bond motifs is 4. The van der Waals surface area contributed by atoms with Gasteiger partial charge in [-0.1, -0.05) is 19.3 Å². The van der Waals surface area contributed by atoms with Gasteiger partial charge in [0.15, 0.2) is 0 Å². The molecule has 0 aromatic carbocycles. The summed E-state index contributed by atoms with van der Waals surface area (Å²) in [6, 6.07) is 0. The van der Waals surface area contributed by atoms with Crippen LogP contribution in [0.4, 0.5) is 0 Å². The fraction of sp³-hybridized carbons (Fsp3) is 0.909. The molecule has 0 saturated heterocycles. The van der Waals surface area contributed by atoms with Crippen molar-refractivity contribution < 1.29 is 4.79 Å². The third-order valence-corrected chi connectivity index (χ3v) is 3.81. The minimum Gasteiger partial charge on any atom is -0.300 e. The van der Waals surface area contributed by atoms with Crippen LogP contribution in [0.2, 0.25) is 0 Å². The van der Waals surface area contributed by atoms with E-state index in [1.807, 2.05) is 0 Å². The maximum atomic E-state index is 11.3. The van der Waals surface area contributed by atoms with Crippen LogP contribution in [0.25, 0.3) is 0 Å². The summed E-state index contributed by atoms with van der Waals surface area (Å²) in [4.78, 5) is 11.3. The molecule has 3 aliphatic carbocycles. The van der Waals surface area contributed by atoms with Crippen LogP contribution in [0.3, 0.4) is 0 Å². The lowest BCUT2D eigenvalue weighted by Gasteiger charge is -2.30. The summed E-state index contributed by atoms with van der Waals surface area (Å²) in [6.45, 7) is 1.78. The molecule has 1 heteroatoms. The molecular formula is C11H18O. The van der Waals surface area contributed by atoms with Gasteiger partial charge in [0.25, 0.3) is 0 Å². The van der Waals surface area contributed by atoms with Crippen molar-refractivity contribution in [3.8, 4) is 0 Å². The Morgan fingerprint density at radius 1 is 1.17 bits per heavy atom. The van der Waals surface area contributed by atoms with Crippen molar-refractivity contribution in [2.75, 3.05) is 0 Å². The van der Waals surface area contributed by atoms with E-state index in [4.69, 9.17) is 0 Å². The van der Waals surface area contributed by atoms with Crippen LogP contribution in [0.1, 0.15) is 45.4 Å². The van der Waals surface area contributed by atoms with Crippen molar-refractivity contribution in [2.45, 2.75) is 45.4 Å². The standard InChI is InChI=1S/C11H18O/c1-8(12)11-7-9-3-2-4-10(11)6-5-9/h9-11H,2-7H2,1H3/t9-,10-,11+/m1/s1. The van der Waals surface area contributed by atoms with Crippen molar-refractivity contribution in [2.24, 2.45) is 17.8 Å². The Labute approximate surface area is 74.5 Å². The summed E-state index contributed by atoms with van der Waals surface area (Å²) in [5.74, 6) is 2.52. The molecule has 1 nitrogen and oxygen atoms in total. The van der Waals surface area contributed by atoms with E-state index in [0.29, 0.717) is 11.7 Å². The second kappa shape index (κ2) is 3.20. The number of Topliss-reactive ketones (excluding diaryl/α,β-unsaturated/α-hetero) is 1. The predicted molar refractivity (Wildman–Crippen MR) is 48.9 cm³/mol. The molecule has 0 aromatic heterocycles. The van der Waals surface area contributed by atoms with E-state index < -0.39 is 0 Å². The maximum absolute atomic E-state index is 11.3. The molecule has 68 valence electrons. The lowest BCUT2D eigenvalue weighted by molar-refractivity contribution is -0.123. The average Bonchev–Trinajstić information content (AvgIpc) is 2.36. The molecule has 0 spiro atoms. The molecule has 3 rings (SSSR count). The van der Waals surface area contributed by atoms with E-state index in [-0.39, 0.29) is 0 Å². The first kappa shape index (κ1) is 8.28. The smallest absolute Gasteiger partial charge is 0.133 e. The van der Waals surface area contributed by atoms with Gasteiger partial charge in [-0.15, -0.1) is 0 Å². The molecule has 0 aromatic rings. The molecule has 0 heterocycles. The minimum absolute atomic E-state index is 0.436. The summed E-state index contributed by atoms with van der Waals surface area (Å²) >= 11 is 0. The Bertz CT molecular complexity index is 181. The monoisotopic (exact) mass is 166 g/mol. The highest BCUT2D eigenvalue weighted by Crippen LogP contribution is 2.42. The van der Waals surface area contributed by atoms with Gasteiger partial charge in [-0.25, -0.2) is 0 Å². The number of carbonyl (C=O) groups is 1. The van der Waals surface area contributed by atoms with Crippen molar-refractivity contribution in [1.29, 1.82) is 0 Å². The zero-order valence-corrected chi connectivity index (χ0v) is 7.88. The summed E-state index contributed by atoms with van der Waals surface area (Å²) in [7, 11) is 0. The first-order valence-corrected chi connectivity index (χ1v) is 5.28. The zero-order chi connectivity index (χ0) is 8.55. The summed E-state index contributed by atoms with van der Waals surface area (Å²) < 4.78 is 0. The summed E-state index contributed by atoms with van der Waals surface area (Å²) in [6.07, 6.45) is 8.02. The van der Waals surface area contributed by atoms with Gasteiger partial charge >= 0.3 is 0 Å². The fourth-order valence-corrected chi connectivity index (χ4v) is 3.09. The fourth-order valence-electron chi connectivity index (χ4n) is 3.09. The molecule has 2 bridgehead atoms. The largest absolute Gasteiger partial charge is 0.300 e. The van der Waals surface area contributed by atoms with Crippen LogP contribution in [0, 0.1) is 17.8 Å². The highest BCUT2D eigenvalue weighted by molar-refractivity contribution is 5.78. The first-order valence-electron chi connectivity index (χ1n) is 5.28. The normalized spacial score (nSPS) is 40.9. The van der Waals surface area contributed by atoms with Gasteiger partial charge in [-0.2, -0.15) is 0 Å². The van der Waals surface area contributed by atoms with Gasteiger partial charge in [0.05, 0.1) is 0 Å². The van der Waals surface area contributed by atoms with Gasteiger partial charge in [-0.05, 0) is 38.0 Å². The second-order valence-corrected chi connectivity index (χ2v) is 4.59. The lowest BCUT2D eigenvalue weighted by Crippen LogP contribution is -2.27. The van der Waals surface area contributed by atoms with Crippen LogP contribution in [-0.4, -0.2) is 5.78 Å². The van der Waals surface area contributed by atoms with Crippen molar-refractivity contribution in [1.82, 2.24) is 0 Å². The number of rotatable bonds is 1. The highest BCUT2D eigenvalue weighted by atomic mass is 16.1. The van der Waals surface area contributed by atoms with Crippen LogP contribution < -0.4 is 0 Å². The molecule has 0 aliphatic heterocycles. The Morgan fingerprint density at radius 3 is 2.75 bits per heavy atom. The maximum Gasteiger partial charge on any atom is 0.133 e. The molecule has 0 radical (unpaired) electrons. The van der Waals surface area contributed by atoms with E-state index >= 15 is 0 Å². The summed E-state index contributed by atoms with van der Waals surface area (Å²) in [5.41, 5.74) is 0. The number of ketones is 1. The van der Waals surface area contributed by atoms with Crippen LogP contribution in [0.5, 0.6) is 0 Å². The van der Waals surface area contributed by atoms with Gasteiger partial charge < -0.3 is 0 Å². The molecule has 0 unspecified atom stereocenters. The molecule has 12 heavy (non-hydrogen) atoms. The Kier molecular flexibility index (Phi) is 2.20. The molecule has 3 atom stereocenters. The van der Waals surface area contributed by atoms with Gasteiger partial charge in [0.1, 0.15) is 5.78 Å². The highest BCUT2D eigenvalue weighted by Gasteiger charge is 2.35. The number of carbonyl (C=O) groups excluding carboxylic acids is 1.